The molecule has 0 spiro atoms. The van der Waals surface area contributed by atoms with Gasteiger partial charge in [0.15, 0.2) is 4.90 Å². The molecule has 1 rings (SSSR count). The number of nitrogens with zero attached hydrogens (tertiary/aromatic N) is 1. The summed E-state index contributed by atoms with van der Waals surface area (Å²) in [7, 11) is 0. The first-order valence-corrected chi connectivity index (χ1v) is 4.53. The van der Waals surface area contributed by atoms with Crippen molar-refractivity contribution in [3.63, 3.8) is 0 Å². The van der Waals surface area contributed by atoms with E-state index in [9.17, 15) is 9.66 Å². The van der Waals surface area contributed by atoms with Crippen molar-refractivity contribution in [1.29, 1.82) is 0 Å². The first-order valence-electron chi connectivity index (χ1n) is 3.21. The molecular weight excluding hydrogens is 162 g/mol. The number of pyridine rings is 1. The Morgan fingerprint density at radius 3 is 3.00 bits per heavy atom. The molecule has 1 unspecified atom stereocenters. The minimum atomic E-state index is -1.16. The zero-order valence-electron chi connectivity index (χ0n) is 5.90. The molecule has 0 aliphatic rings. The predicted molar refractivity (Wildman–Crippen MR) is 41.1 cm³/mol. The lowest BCUT2D eigenvalue weighted by atomic mass is 10.5. The Balaban J connectivity index is 2.61. The number of aromatic nitrogens is 1. The van der Waals surface area contributed by atoms with E-state index in [1.807, 2.05) is 0 Å². The second-order valence-electron chi connectivity index (χ2n) is 1.94. The Kier molecular flexibility index (Phi) is 3.35. The minimum absolute atomic E-state index is 0.172. The van der Waals surface area contributed by atoms with E-state index in [4.69, 9.17) is 0 Å². The fourth-order valence-electron chi connectivity index (χ4n) is 0.675. The molecule has 0 fully saturated rings. The van der Waals surface area contributed by atoms with E-state index in [1.54, 1.807) is 18.3 Å². The van der Waals surface area contributed by atoms with Gasteiger partial charge < -0.3 is 4.55 Å². The Hall–Kier alpha value is -0.580. The fraction of sp³-hybridized carbons (Fsp3) is 0.286. The molecule has 0 N–H and O–H groups in total. The maximum Gasteiger partial charge on any atom is 0.171 e. The van der Waals surface area contributed by atoms with Gasteiger partial charge in [0, 0.05) is 6.20 Å². The van der Waals surface area contributed by atoms with Gasteiger partial charge in [0.25, 0.3) is 0 Å². The molecule has 0 bridgehead atoms. The normalized spacial score (nSPS) is 12.9. The maximum absolute atomic E-state index is 11.1. The van der Waals surface area contributed by atoms with Gasteiger partial charge in [0.2, 0.25) is 0 Å². The third-order valence-corrected chi connectivity index (χ3v) is 2.47. The first-order chi connectivity index (χ1) is 5.34. The summed E-state index contributed by atoms with van der Waals surface area (Å²) in [5.74, 6) is 0.172. The van der Waals surface area contributed by atoms with E-state index in [2.05, 4.69) is 4.98 Å². The molecule has 1 aromatic heterocycles. The average Bonchev–Trinajstić information content (AvgIpc) is 2.07. The SMILES string of the molecule is [O]CC[S+]([O-])c1cccnc1. The van der Waals surface area contributed by atoms with Crippen LogP contribution in [0.1, 0.15) is 0 Å². The van der Waals surface area contributed by atoms with Crippen molar-refractivity contribution in [2.45, 2.75) is 4.90 Å². The molecule has 4 heteroatoms. The van der Waals surface area contributed by atoms with Crippen LogP contribution in [0.4, 0.5) is 0 Å². The third kappa shape index (κ3) is 2.49. The van der Waals surface area contributed by atoms with Gasteiger partial charge in [-0.05, 0) is 23.3 Å². The van der Waals surface area contributed by atoms with Gasteiger partial charge in [0.1, 0.15) is 12.4 Å². The lowest BCUT2D eigenvalue weighted by Crippen LogP contribution is -2.09. The topological polar surface area (TPSA) is 55.8 Å². The van der Waals surface area contributed by atoms with E-state index in [1.165, 1.54) is 6.20 Å². The average molecular weight is 170 g/mol. The highest BCUT2D eigenvalue weighted by Crippen LogP contribution is 2.07. The molecule has 0 aromatic carbocycles. The van der Waals surface area contributed by atoms with E-state index in [0.29, 0.717) is 4.90 Å². The summed E-state index contributed by atoms with van der Waals surface area (Å²) in [5, 5.41) is 10.1. The van der Waals surface area contributed by atoms with Gasteiger partial charge in [-0.1, -0.05) is 0 Å². The van der Waals surface area contributed by atoms with Crippen molar-refractivity contribution >= 4 is 11.2 Å². The van der Waals surface area contributed by atoms with Gasteiger partial charge in [0.05, 0.1) is 6.20 Å². The van der Waals surface area contributed by atoms with E-state index < -0.39 is 11.2 Å². The quantitative estimate of drug-likeness (QED) is 0.624. The summed E-state index contributed by atoms with van der Waals surface area (Å²) >= 11 is -1.16. The van der Waals surface area contributed by atoms with Crippen molar-refractivity contribution in [2.75, 3.05) is 12.4 Å². The summed E-state index contributed by atoms with van der Waals surface area (Å²) in [5.41, 5.74) is 0. The largest absolute Gasteiger partial charge is 0.611 e. The summed E-state index contributed by atoms with van der Waals surface area (Å²) in [4.78, 5) is 4.42. The maximum atomic E-state index is 11.1. The predicted octanol–water partition coefficient (Wildman–Crippen LogP) is 0.620. The van der Waals surface area contributed by atoms with Crippen LogP contribution in [0.2, 0.25) is 0 Å². The standard InChI is InChI=1S/C7H8NO2S/c9-4-5-11(10)7-2-1-3-8-6-7/h1-3,6H,4-5H2. The van der Waals surface area contributed by atoms with Crippen molar-refractivity contribution in [1.82, 2.24) is 4.98 Å². The number of hydrogen-bond donors (Lipinski definition) is 0. The zero-order chi connectivity index (χ0) is 8.10. The van der Waals surface area contributed by atoms with Gasteiger partial charge in [-0.3, -0.25) is 4.98 Å². The molecule has 0 saturated heterocycles. The molecule has 59 valence electrons. The lowest BCUT2D eigenvalue weighted by molar-refractivity contribution is 0.213. The van der Waals surface area contributed by atoms with Crippen molar-refractivity contribution in [3.8, 4) is 0 Å². The summed E-state index contributed by atoms with van der Waals surface area (Å²) < 4.78 is 11.1. The highest BCUT2D eigenvalue weighted by Gasteiger charge is 2.08. The van der Waals surface area contributed by atoms with E-state index >= 15 is 0 Å². The van der Waals surface area contributed by atoms with Crippen LogP contribution in [0.3, 0.4) is 0 Å². The number of rotatable bonds is 3. The molecule has 0 aliphatic heterocycles. The molecular formula is C7H8NO2S. The van der Waals surface area contributed by atoms with Crippen LogP contribution in [0.25, 0.3) is 0 Å². The fourth-order valence-corrected chi connectivity index (χ4v) is 1.47. The Morgan fingerprint density at radius 2 is 2.45 bits per heavy atom. The van der Waals surface area contributed by atoms with Crippen LogP contribution in [0.15, 0.2) is 29.4 Å². The molecule has 0 saturated carbocycles. The number of hydrogen-bond acceptors (Lipinski definition) is 2. The first kappa shape index (κ1) is 8.52. The van der Waals surface area contributed by atoms with Crippen molar-refractivity contribution in [3.05, 3.63) is 24.5 Å². The molecule has 11 heavy (non-hydrogen) atoms. The summed E-state index contributed by atoms with van der Waals surface area (Å²) in [6.45, 7) is -0.304. The summed E-state index contributed by atoms with van der Waals surface area (Å²) in [6.07, 6.45) is 3.13. The monoisotopic (exact) mass is 170 g/mol. The van der Waals surface area contributed by atoms with Crippen LogP contribution in [0.5, 0.6) is 0 Å². The summed E-state index contributed by atoms with van der Waals surface area (Å²) in [6, 6.07) is 3.41. The third-order valence-electron chi connectivity index (χ3n) is 1.17. The molecule has 1 atom stereocenters. The van der Waals surface area contributed by atoms with Crippen LogP contribution >= 0.6 is 0 Å². The van der Waals surface area contributed by atoms with Crippen molar-refractivity contribution in [2.24, 2.45) is 0 Å². The molecule has 0 amide bonds. The second-order valence-corrected chi connectivity index (χ2v) is 3.51. The zero-order valence-corrected chi connectivity index (χ0v) is 6.71. The Bertz CT molecular complexity index is 205. The minimum Gasteiger partial charge on any atom is -0.611 e. The molecule has 1 heterocycles. The Labute approximate surface area is 68.3 Å². The van der Waals surface area contributed by atoms with Crippen LogP contribution in [-0.2, 0) is 16.3 Å². The smallest absolute Gasteiger partial charge is 0.171 e. The van der Waals surface area contributed by atoms with Crippen LogP contribution in [0, 0.1) is 0 Å². The lowest BCUT2D eigenvalue weighted by Gasteiger charge is -2.06. The van der Waals surface area contributed by atoms with Gasteiger partial charge >= 0.3 is 0 Å². The molecule has 0 aliphatic carbocycles. The molecule has 3 nitrogen and oxygen atoms in total. The highest BCUT2D eigenvalue weighted by molar-refractivity contribution is 7.91. The van der Waals surface area contributed by atoms with Gasteiger partial charge in [-0.15, -0.1) is 0 Å². The van der Waals surface area contributed by atoms with Crippen molar-refractivity contribution < 1.29 is 9.66 Å². The Morgan fingerprint density at radius 1 is 1.64 bits per heavy atom. The van der Waals surface area contributed by atoms with Gasteiger partial charge in [-0.2, -0.15) is 0 Å². The molecule has 1 radical (unpaired) electrons. The second kappa shape index (κ2) is 4.33. The molecule has 1 aromatic rings. The van der Waals surface area contributed by atoms with Crippen LogP contribution in [-0.4, -0.2) is 21.9 Å². The van der Waals surface area contributed by atoms with Gasteiger partial charge in [-0.25, -0.2) is 5.11 Å². The van der Waals surface area contributed by atoms with Crippen LogP contribution < -0.4 is 0 Å². The van der Waals surface area contributed by atoms with E-state index in [-0.39, 0.29) is 12.4 Å². The highest BCUT2D eigenvalue weighted by atomic mass is 32.2. The van der Waals surface area contributed by atoms with E-state index in [0.717, 1.165) is 0 Å².